The van der Waals surface area contributed by atoms with Crippen molar-refractivity contribution < 1.29 is 0 Å². The zero-order chi connectivity index (χ0) is 9.97. The molecule has 0 saturated heterocycles. The van der Waals surface area contributed by atoms with Crippen LogP contribution in [-0.4, -0.2) is 12.6 Å². The van der Waals surface area contributed by atoms with Crippen molar-refractivity contribution in [1.29, 1.82) is 0 Å². The first-order valence-electron chi connectivity index (χ1n) is 5.21. The molecule has 1 N–H and O–H groups in total. The van der Waals surface area contributed by atoms with E-state index in [1.165, 1.54) is 28.6 Å². The lowest BCUT2D eigenvalue weighted by Crippen LogP contribution is -2.24. The van der Waals surface area contributed by atoms with Crippen LogP contribution in [-0.2, 0) is 6.42 Å². The van der Waals surface area contributed by atoms with Crippen LogP contribution in [0.3, 0.4) is 0 Å². The maximum absolute atomic E-state index is 3.58. The molecule has 1 heterocycles. The van der Waals surface area contributed by atoms with E-state index in [1.807, 2.05) is 11.3 Å². The molecule has 1 aromatic rings. The summed E-state index contributed by atoms with van der Waals surface area (Å²) < 4.78 is 1.28. The molecule has 1 fully saturated rings. The first-order valence-corrected chi connectivity index (χ1v) is 6.88. The lowest BCUT2D eigenvalue weighted by atomic mass is 10.1. The highest BCUT2D eigenvalue weighted by molar-refractivity contribution is 9.10. The van der Waals surface area contributed by atoms with Crippen molar-refractivity contribution >= 4 is 27.3 Å². The van der Waals surface area contributed by atoms with E-state index in [0.29, 0.717) is 0 Å². The van der Waals surface area contributed by atoms with Crippen LogP contribution in [0, 0.1) is 5.92 Å². The van der Waals surface area contributed by atoms with Gasteiger partial charge in [-0.2, -0.15) is 0 Å². The minimum absolute atomic E-state index is 0.741. The van der Waals surface area contributed by atoms with Gasteiger partial charge in [-0.05, 0) is 59.1 Å². The molecule has 1 aliphatic carbocycles. The van der Waals surface area contributed by atoms with Gasteiger partial charge in [-0.15, -0.1) is 11.3 Å². The molecule has 3 heteroatoms. The third-order valence-electron chi connectivity index (χ3n) is 2.56. The van der Waals surface area contributed by atoms with Crippen LogP contribution in [0.4, 0.5) is 0 Å². The average Bonchev–Trinajstić information content (AvgIpc) is 2.90. The maximum atomic E-state index is 3.58. The summed E-state index contributed by atoms with van der Waals surface area (Å²) in [5.41, 5.74) is 0. The second-order valence-electron chi connectivity index (χ2n) is 4.18. The second kappa shape index (κ2) is 4.77. The van der Waals surface area contributed by atoms with Crippen molar-refractivity contribution in [3.05, 3.63) is 20.8 Å². The average molecular weight is 274 g/mol. The zero-order valence-electron chi connectivity index (χ0n) is 8.42. The predicted molar refractivity (Wildman–Crippen MR) is 65.9 cm³/mol. The number of hydrogen-bond acceptors (Lipinski definition) is 2. The van der Waals surface area contributed by atoms with Crippen LogP contribution in [0.25, 0.3) is 0 Å². The summed E-state index contributed by atoms with van der Waals surface area (Å²) >= 11 is 5.43. The molecule has 1 unspecified atom stereocenters. The van der Waals surface area contributed by atoms with E-state index in [-0.39, 0.29) is 0 Å². The van der Waals surface area contributed by atoms with Gasteiger partial charge >= 0.3 is 0 Å². The fourth-order valence-electron chi connectivity index (χ4n) is 1.51. The number of thiophene rings is 1. The Hall–Kier alpha value is 0.140. The van der Waals surface area contributed by atoms with Gasteiger partial charge in [0.2, 0.25) is 0 Å². The molecule has 78 valence electrons. The van der Waals surface area contributed by atoms with E-state index < -0.39 is 0 Å². The summed E-state index contributed by atoms with van der Waals surface area (Å²) in [6.45, 7) is 3.48. The fourth-order valence-corrected chi connectivity index (χ4v) is 3.19. The molecule has 2 rings (SSSR count). The van der Waals surface area contributed by atoms with E-state index in [0.717, 1.165) is 18.5 Å². The van der Waals surface area contributed by atoms with Gasteiger partial charge in [0.25, 0.3) is 0 Å². The quantitative estimate of drug-likeness (QED) is 0.867. The molecule has 1 aromatic heterocycles. The van der Waals surface area contributed by atoms with Crippen LogP contribution < -0.4 is 5.32 Å². The number of rotatable bonds is 5. The van der Waals surface area contributed by atoms with E-state index in [4.69, 9.17) is 0 Å². The molecular formula is C11H16BrNS. The summed E-state index contributed by atoms with van der Waals surface area (Å²) in [6.07, 6.45) is 3.96. The molecule has 0 bridgehead atoms. The van der Waals surface area contributed by atoms with Crippen molar-refractivity contribution in [2.75, 3.05) is 6.54 Å². The van der Waals surface area contributed by atoms with Crippen molar-refractivity contribution in [3.8, 4) is 0 Å². The van der Waals surface area contributed by atoms with Crippen LogP contribution in [0.5, 0.6) is 0 Å². The fraction of sp³-hybridized carbons (Fsp3) is 0.636. The molecule has 0 radical (unpaired) electrons. The minimum Gasteiger partial charge on any atom is -0.314 e. The summed E-state index contributed by atoms with van der Waals surface area (Å²) in [6, 6.07) is 2.98. The lowest BCUT2D eigenvalue weighted by Gasteiger charge is -2.11. The summed E-state index contributed by atoms with van der Waals surface area (Å²) in [5, 5.41) is 5.73. The Labute approximate surface area is 98.0 Å². The Morgan fingerprint density at radius 3 is 3.00 bits per heavy atom. The number of nitrogens with one attached hydrogen (secondary N) is 1. The van der Waals surface area contributed by atoms with Crippen molar-refractivity contribution in [2.24, 2.45) is 5.92 Å². The summed E-state index contributed by atoms with van der Waals surface area (Å²) in [5.74, 6) is 0.741. The zero-order valence-corrected chi connectivity index (χ0v) is 10.8. The van der Waals surface area contributed by atoms with Gasteiger partial charge in [-0.25, -0.2) is 0 Å². The first kappa shape index (κ1) is 10.7. The normalized spacial score (nSPS) is 18.4. The van der Waals surface area contributed by atoms with Gasteiger partial charge < -0.3 is 5.32 Å². The van der Waals surface area contributed by atoms with E-state index in [9.17, 15) is 0 Å². The summed E-state index contributed by atoms with van der Waals surface area (Å²) in [4.78, 5) is 1.48. The molecule has 14 heavy (non-hydrogen) atoms. The molecule has 0 aliphatic heterocycles. The molecule has 1 atom stereocenters. The first-order chi connectivity index (χ1) is 6.75. The Balaban J connectivity index is 1.75. The van der Waals surface area contributed by atoms with E-state index in [2.05, 4.69) is 39.6 Å². The van der Waals surface area contributed by atoms with Crippen LogP contribution in [0.2, 0.25) is 0 Å². The van der Waals surface area contributed by atoms with Gasteiger partial charge in [0.05, 0.1) is 0 Å². The predicted octanol–water partition coefficient (Wildman–Crippen LogP) is 3.44. The topological polar surface area (TPSA) is 12.0 Å². The van der Waals surface area contributed by atoms with Crippen molar-refractivity contribution in [3.63, 3.8) is 0 Å². The molecule has 1 aliphatic rings. The minimum atomic E-state index is 0.741. The largest absolute Gasteiger partial charge is 0.314 e. The standard InChI is InChI=1S/C11H16BrNS/c1-8(7-13-9-2-3-9)6-11-10(12)4-5-14-11/h4-5,8-9,13H,2-3,6-7H2,1H3. The van der Waals surface area contributed by atoms with Gasteiger partial charge in [-0.3, -0.25) is 0 Å². The third-order valence-corrected chi connectivity index (χ3v) is 4.51. The van der Waals surface area contributed by atoms with Crippen LogP contribution in [0.1, 0.15) is 24.6 Å². The summed E-state index contributed by atoms with van der Waals surface area (Å²) in [7, 11) is 0. The molecular weight excluding hydrogens is 258 g/mol. The van der Waals surface area contributed by atoms with Crippen LogP contribution in [0.15, 0.2) is 15.9 Å². The monoisotopic (exact) mass is 273 g/mol. The Bertz CT molecular complexity index is 293. The second-order valence-corrected chi connectivity index (χ2v) is 6.04. The molecule has 1 saturated carbocycles. The molecule has 0 spiro atoms. The SMILES string of the molecule is CC(CNC1CC1)Cc1sccc1Br. The number of halogens is 1. The Morgan fingerprint density at radius 2 is 2.43 bits per heavy atom. The molecule has 0 aromatic carbocycles. The smallest absolute Gasteiger partial charge is 0.0314 e. The lowest BCUT2D eigenvalue weighted by molar-refractivity contribution is 0.511. The van der Waals surface area contributed by atoms with Gasteiger partial charge in [0.15, 0.2) is 0 Å². The van der Waals surface area contributed by atoms with Gasteiger partial charge in [-0.1, -0.05) is 6.92 Å². The molecule has 1 nitrogen and oxygen atoms in total. The maximum Gasteiger partial charge on any atom is 0.0314 e. The van der Waals surface area contributed by atoms with Gasteiger partial charge in [0, 0.05) is 15.4 Å². The highest BCUT2D eigenvalue weighted by Crippen LogP contribution is 2.25. The highest BCUT2D eigenvalue weighted by atomic mass is 79.9. The molecule has 0 amide bonds. The van der Waals surface area contributed by atoms with Crippen molar-refractivity contribution in [1.82, 2.24) is 5.32 Å². The number of hydrogen-bond donors (Lipinski definition) is 1. The third kappa shape index (κ3) is 3.07. The highest BCUT2D eigenvalue weighted by Gasteiger charge is 2.21. The van der Waals surface area contributed by atoms with Crippen LogP contribution >= 0.6 is 27.3 Å². The Morgan fingerprint density at radius 1 is 1.64 bits per heavy atom. The van der Waals surface area contributed by atoms with E-state index >= 15 is 0 Å². The van der Waals surface area contributed by atoms with Crippen molar-refractivity contribution in [2.45, 2.75) is 32.2 Å². The Kier molecular flexibility index (Phi) is 3.63. The van der Waals surface area contributed by atoms with E-state index in [1.54, 1.807) is 0 Å². The van der Waals surface area contributed by atoms with Gasteiger partial charge in [0.1, 0.15) is 0 Å².